The van der Waals surface area contributed by atoms with Crippen LogP contribution in [0.1, 0.15) is 133 Å². The summed E-state index contributed by atoms with van der Waals surface area (Å²) in [6, 6.07) is 21.8. The standard InChI is InChI=1S/C56H76N2O9S/c1-4-6-7-8-9-10-11-12-16-25-53(61)58(39-41-26-28-50-51(35-41)65-40-64-50)52-38-48(57-62-3)46-36-42(21-17-19-30-59)45(24-18-20-31-60)54-47-37-43(63-33-34-68-44-22-14-13-15-23-44)27-29-49(47)67-56(52,55(46)54)66-32-5-2/h5,13-15,22-23,26-29,35-37,42,45,52,54-55,59-60H,2,4,6-12,16-21,24-25,30-34,38-40H2,1,3H3/t42-,45+,52-,54+,55+,56+/m0/s1. The first-order valence-electron chi connectivity index (χ1n) is 25.5. The number of rotatable bonds is 30. The van der Waals surface area contributed by atoms with Crippen molar-refractivity contribution in [2.24, 2.45) is 22.9 Å². The molecule has 3 aromatic carbocycles. The number of carbonyl (C=O) groups is 1. The summed E-state index contributed by atoms with van der Waals surface area (Å²) in [4.78, 5) is 24.1. The van der Waals surface area contributed by atoms with Gasteiger partial charge in [-0.2, -0.15) is 0 Å². The second kappa shape index (κ2) is 26.5. The molecule has 68 heavy (non-hydrogen) atoms. The number of fused-ring (bicyclic) bond motifs is 3. The van der Waals surface area contributed by atoms with Crippen LogP contribution >= 0.6 is 11.8 Å². The van der Waals surface area contributed by atoms with Crippen LogP contribution in [0, 0.1) is 17.8 Å². The van der Waals surface area contributed by atoms with Crippen LogP contribution in [0.2, 0.25) is 0 Å². The lowest BCUT2D eigenvalue weighted by Crippen LogP contribution is -2.70. The fourth-order valence-corrected chi connectivity index (χ4v) is 11.8. The molecule has 6 atom stereocenters. The van der Waals surface area contributed by atoms with E-state index in [0.29, 0.717) is 56.1 Å². The van der Waals surface area contributed by atoms with Gasteiger partial charge < -0.3 is 43.6 Å². The van der Waals surface area contributed by atoms with E-state index < -0.39 is 17.7 Å². The third-order valence-electron chi connectivity index (χ3n) is 14.2. The molecule has 0 bridgehead atoms. The van der Waals surface area contributed by atoms with Crippen LogP contribution < -0.4 is 18.9 Å². The summed E-state index contributed by atoms with van der Waals surface area (Å²) < 4.78 is 32.8. The molecule has 7 rings (SSSR count). The number of carbonyl (C=O) groups excluding carboxylic acids is 1. The van der Waals surface area contributed by atoms with Gasteiger partial charge in [-0.05, 0) is 97.5 Å². The van der Waals surface area contributed by atoms with Crippen molar-refractivity contribution in [1.29, 1.82) is 0 Å². The van der Waals surface area contributed by atoms with E-state index in [-0.39, 0.29) is 50.3 Å². The number of oxime groups is 1. The van der Waals surface area contributed by atoms with Gasteiger partial charge in [0, 0.05) is 54.7 Å². The molecule has 2 N–H and O–H groups in total. The topological polar surface area (TPSA) is 129 Å². The lowest BCUT2D eigenvalue weighted by Gasteiger charge is -2.60. The smallest absolute Gasteiger partial charge is 0.239 e. The monoisotopic (exact) mass is 953 g/mol. The SMILES string of the molecule is C=CCO[C@@]12Oc3ccc(OCCSc4ccccc4)cc3[C@H]3[C@H](CCCCO)[C@@H](CCCCO)C=C(C(=NOC)C[C@@H]1N(Cc1ccc4c(c1)OCO4)C(=O)CCCCCCCCCCC)[C@H]32. The first kappa shape index (κ1) is 51.4. The van der Waals surface area contributed by atoms with Crippen LogP contribution in [0.4, 0.5) is 0 Å². The molecule has 0 radical (unpaired) electrons. The molecule has 0 unspecified atom stereocenters. The van der Waals surface area contributed by atoms with Gasteiger partial charge >= 0.3 is 0 Å². The van der Waals surface area contributed by atoms with Crippen molar-refractivity contribution in [2.75, 3.05) is 46.1 Å². The number of unbranched alkanes of at least 4 members (excludes halogenated alkanes) is 10. The lowest BCUT2D eigenvalue weighted by molar-refractivity contribution is -0.258. The summed E-state index contributed by atoms with van der Waals surface area (Å²) in [6.45, 7) is 7.77. The zero-order valence-corrected chi connectivity index (χ0v) is 41.4. The van der Waals surface area contributed by atoms with Crippen molar-refractivity contribution < 1.29 is 43.5 Å². The first-order valence-corrected chi connectivity index (χ1v) is 26.5. The summed E-state index contributed by atoms with van der Waals surface area (Å²) in [5, 5.41) is 24.8. The number of allylic oxidation sites excluding steroid dienone is 1. The van der Waals surface area contributed by atoms with Gasteiger partial charge in [-0.15, -0.1) is 18.3 Å². The van der Waals surface area contributed by atoms with Crippen molar-refractivity contribution in [3.05, 3.63) is 102 Å². The van der Waals surface area contributed by atoms with Crippen molar-refractivity contribution in [2.45, 2.75) is 145 Å². The molecule has 11 nitrogen and oxygen atoms in total. The predicted octanol–water partition coefficient (Wildman–Crippen LogP) is 11.8. The summed E-state index contributed by atoms with van der Waals surface area (Å²) in [5.41, 5.74) is 3.73. The molecule has 12 heteroatoms. The van der Waals surface area contributed by atoms with Crippen molar-refractivity contribution in [3.8, 4) is 23.0 Å². The fourth-order valence-electron chi connectivity index (χ4n) is 11.0. The second-order valence-corrected chi connectivity index (χ2v) is 19.9. The highest BCUT2D eigenvalue weighted by molar-refractivity contribution is 7.99. The van der Waals surface area contributed by atoms with Crippen LogP contribution in [0.25, 0.3) is 0 Å². The Kier molecular flexibility index (Phi) is 20.0. The van der Waals surface area contributed by atoms with E-state index in [2.05, 4.69) is 49.9 Å². The third-order valence-corrected chi connectivity index (χ3v) is 15.2. The van der Waals surface area contributed by atoms with Crippen molar-refractivity contribution in [1.82, 2.24) is 4.90 Å². The minimum absolute atomic E-state index is 0.0293. The average molecular weight is 953 g/mol. The highest BCUT2D eigenvalue weighted by Gasteiger charge is 2.65. The molecule has 2 aliphatic carbocycles. The average Bonchev–Trinajstić information content (AvgIpc) is 3.83. The fraction of sp³-hybridized carbons (Fsp3) is 0.571. The van der Waals surface area contributed by atoms with Crippen LogP contribution in [-0.2, 0) is 20.9 Å². The maximum absolute atomic E-state index is 15.2. The Balaban J connectivity index is 1.30. The van der Waals surface area contributed by atoms with E-state index in [9.17, 15) is 10.2 Å². The minimum Gasteiger partial charge on any atom is -0.493 e. The van der Waals surface area contributed by atoms with Gasteiger partial charge in [0.2, 0.25) is 18.5 Å². The van der Waals surface area contributed by atoms with Gasteiger partial charge in [-0.3, -0.25) is 4.79 Å². The van der Waals surface area contributed by atoms with Gasteiger partial charge in [0.1, 0.15) is 24.7 Å². The van der Waals surface area contributed by atoms with Crippen molar-refractivity contribution >= 4 is 23.4 Å². The summed E-state index contributed by atoms with van der Waals surface area (Å²) >= 11 is 1.76. The molecule has 1 amide bonds. The number of hydrogen-bond acceptors (Lipinski definition) is 11. The molecule has 3 aromatic rings. The predicted molar refractivity (Wildman–Crippen MR) is 270 cm³/mol. The number of benzene rings is 3. The van der Waals surface area contributed by atoms with Crippen LogP contribution in [0.15, 0.2) is 101 Å². The Morgan fingerprint density at radius 3 is 2.37 bits per heavy atom. The first-order chi connectivity index (χ1) is 33.4. The van der Waals surface area contributed by atoms with Gasteiger partial charge in [0.05, 0.1) is 24.8 Å². The Bertz CT molecular complexity index is 2110. The Labute approximate surface area is 409 Å². The number of aliphatic hydroxyl groups excluding tert-OH is 2. The number of amides is 1. The molecule has 2 aliphatic heterocycles. The van der Waals surface area contributed by atoms with E-state index in [1.54, 1.807) is 24.9 Å². The van der Waals surface area contributed by atoms with Crippen LogP contribution in [0.5, 0.6) is 23.0 Å². The van der Waals surface area contributed by atoms with Crippen molar-refractivity contribution in [3.63, 3.8) is 0 Å². The van der Waals surface area contributed by atoms with E-state index in [1.807, 2.05) is 41.3 Å². The van der Waals surface area contributed by atoms with Crippen LogP contribution in [-0.4, -0.2) is 84.6 Å². The highest BCUT2D eigenvalue weighted by Crippen LogP contribution is 2.62. The van der Waals surface area contributed by atoms with Gasteiger partial charge in [-0.25, -0.2) is 0 Å². The van der Waals surface area contributed by atoms with E-state index in [0.717, 1.165) is 78.9 Å². The molecular formula is C56H76N2O9S. The zero-order chi connectivity index (χ0) is 47.6. The normalized spacial score (nSPS) is 22.7. The Hall–Kier alpha value is -4.49. The molecule has 4 aliphatic rings. The number of hydrogen-bond donors (Lipinski definition) is 2. The molecule has 1 saturated carbocycles. The number of ether oxygens (including phenoxy) is 5. The molecule has 0 saturated heterocycles. The maximum atomic E-state index is 15.2. The summed E-state index contributed by atoms with van der Waals surface area (Å²) in [7, 11) is 1.58. The Morgan fingerprint density at radius 1 is 0.882 bits per heavy atom. The molecule has 370 valence electrons. The molecule has 2 heterocycles. The van der Waals surface area contributed by atoms with E-state index >= 15 is 4.79 Å². The maximum Gasteiger partial charge on any atom is 0.239 e. The van der Waals surface area contributed by atoms with E-state index in [4.69, 9.17) is 33.7 Å². The zero-order valence-electron chi connectivity index (χ0n) is 40.6. The number of nitrogens with zero attached hydrogens (tertiary/aromatic N) is 2. The number of aliphatic hydroxyl groups is 2. The van der Waals surface area contributed by atoms with Gasteiger partial charge in [-0.1, -0.05) is 113 Å². The summed E-state index contributed by atoms with van der Waals surface area (Å²) in [6.07, 6.45) is 20.1. The molecule has 1 fully saturated rings. The van der Waals surface area contributed by atoms with Gasteiger partial charge in [0.25, 0.3) is 0 Å². The third kappa shape index (κ3) is 12.8. The molecule has 0 spiro atoms. The summed E-state index contributed by atoms with van der Waals surface area (Å²) in [5.74, 6) is 1.96. The largest absolute Gasteiger partial charge is 0.493 e. The molecule has 0 aromatic heterocycles. The molecular weight excluding hydrogens is 877 g/mol. The number of thioether (sulfide) groups is 1. The highest BCUT2D eigenvalue weighted by atomic mass is 32.2. The quantitative estimate of drug-likeness (QED) is 0.0288. The van der Waals surface area contributed by atoms with E-state index in [1.165, 1.54) is 43.4 Å². The lowest BCUT2D eigenvalue weighted by atomic mass is 9.55. The van der Waals surface area contributed by atoms with Crippen LogP contribution in [0.3, 0.4) is 0 Å². The Morgan fingerprint density at radius 2 is 1.62 bits per heavy atom. The minimum atomic E-state index is -1.35. The van der Waals surface area contributed by atoms with Gasteiger partial charge in [0.15, 0.2) is 11.5 Å². The second-order valence-electron chi connectivity index (χ2n) is 18.8.